The first-order valence-corrected chi connectivity index (χ1v) is 11.8. The normalized spacial score (nSPS) is 19.8. The zero-order valence-electron chi connectivity index (χ0n) is 18.5. The Morgan fingerprint density at radius 2 is 1.91 bits per heavy atom. The van der Waals surface area contributed by atoms with Crippen molar-refractivity contribution in [3.05, 3.63) is 64.9 Å². The molecule has 0 aromatic heterocycles. The van der Waals surface area contributed by atoms with Crippen LogP contribution in [0.4, 0.5) is 4.39 Å². The average molecular weight is 477 g/mol. The van der Waals surface area contributed by atoms with E-state index in [0.29, 0.717) is 61.6 Å². The smallest absolute Gasteiger partial charge is 0.253 e. The zero-order valence-corrected chi connectivity index (χ0v) is 19.3. The standard InChI is InChI=1S/C25H30ClFN2O4/c26-20-5-9-23(10-6-20)33-17-22(30)14-28-11-12-32-24(15-28)16-29(13-18-1-2-18)25(31)19-3-7-21(27)8-4-19/h3-10,18,22,24,30H,1-2,11-17H2/t22-,24-/m1/s1. The van der Waals surface area contributed by atoms with Gasteiger partial charge in [0.05, 0.1) is 12.7 Å². The number of carbonyl (C=O) groups excluding carboxylic acids is 1. The Labute approximate surface area is 198 Å². The second kappa shape index (κ2) is 11.3. The lowest BCUT2D eigenvalue weighted by Gasteiger charge is -2.36. The van der Waals surface area contributed by atoms with Crippen LogP contribution in [0.3, 0.4) is 0 Å². The van der Waals surface area contributed by atoms with Gasteiger partial charge in [0, 0.05) is 43.3 Å². The molecule has 2 aliphatic rings. The fraction of sp³-hybridized carbons (Fsp3) is 0.480. The van der Waals surface area contributed by atoms with Crippen LogP contribution in [0.25, 0.3) is 0 Å². The van der Waals surface area contributed by atoms with Crippen molar-refractivity contribution < 1.29 is 23.8 Å². The van der Waals surface area contributed by atoms with Crippen molar-refractivity contribution in [3.63, 3.8) is 0 Å². The first-order valence-electron chi connectivity index (χ1n) is 11.4. The first-order chi connectivity index (χ1) is 16.0. The molecule has 0 unspecified atom stereocenters. The van der Waals surface area contributed by atoms with Crippen LogP contribution in [0, 0.1) is 11.7 Å². The van der Waals surface area contributed by atoms with Gasteiger partial charge in [0.25, 0.3) is 5.91 Å². The molecule has 0 radical (unpaired) electrons. The van der Waals surface area contributed by atoms with Gasteiger partial charge >= 0.3 is 0 Å². The summed E-state index contributed by atoms with van der Waals surface area (Å²) in [5.74, 6) is 0.735. The predicted octanol–water partition coefficient (Wildman–Crippen LogP) is 3.47. The monoisotopic (exact) mass is 476 g/mol. The van der Waals surface area contributed by atoms with Crippen molar-refractivity contribution >= 4 is 17.5 Å². The maximum absolute atomic E-state index is 13.3. The Hall–Kier alpha value is -2.19. The van der Waals surface area contributed by atoms with Crippen molar-refractivity contribution in [2.45, 2.75) is 25.0 Å². The van der Waals surface area contributed by atoms with E-state index in [-0.39, 0.29) is 24.4 Å². The summed E-state index contributed by atoms with van der Waals surface area (Å²) >= 11 is 5.88. The largest absolute Gasteiger partial charge is 0.491 e. The summed E-state index contributed by atoms with van der Waals surface area (Å²) in [5, 5.41) is 11.1. The van der Waals surface area contributed by atoms with Crippen LogP contribution in [0.1, 0.15) is 23.2 Å². The second-order valence-electron chi connectivity index (χ2n) is 8.83. The summed E-state index contributed by atoms with van der Waals surface area (Å²) in [5.41, 5.74) is 0.486. The Morgan fingerprint density at radius 3 is 2.61 bits per heavy atom. The van der Waals surface area contributed by atoms with Gasteiger partial charge in [0.15, 0.2) is 0 Å². The van der Waals surface area contributed by atoms with E-state index in [0.717, 1.165) is 12.8 Å². The quantitative estimate of drug-likeness (QED) is 0.569. The maximum atomic E-state index is 13.3. The van der Waals surface area contributed by atoms with Gasteiger partial charge in [0.1, 0.15) is 24.3 Å². The minimum atomic E-state index is -0.650. The van der Waals surface area contributed by atoms with Crippen molar-refractivity contribution in [2.75, 3.05) is 45.9 Å². The molecule has 2 aromatic carbocycles. The van der Waals surface area contributed by atoms with Crippen LogP contribution in [0.2, 0.25) is 5.02 Å². The number of β-amino-alcohol motifs (C(OH)–C–C–N with tert-alkyl or cyclic N) is 1. The lowest BCUT2D eigenvalue weighted by Crippen LogP contribution is -2.51. The molecule has 178 valence electrons. The third-order valence-electron chi connectivity index (χ3n) is 5.93. The molecule has 1 saturated heterocycles. The maximum Gasteiger partial charge on any atom is 0.253 e. The van der Waals surface area contributed by atoms with Crippen molar-refractivity contribution in [2.24, 2.45) is 5.92 Å². The van der Waals surface area contributed by atoms with Crippen LogP contribution < -0.4 is 4.74 Å². The van der Waals surface area contributed by atoms with Crippen LogP contribution in [0.15, 0.2) is 48.5 Å². The minimum Gasteiger partial charge on any atom is -0.491 e. The topological polar surface area (TPSA) is 62.2 Å². The zero-order chi connectivity index (χ0) is 23.2. The molecule has 0 spiro atoms. The molecule has 33 heavy (non-hydrogen) atoms. The number of benzene rings is 2. The molecule has 2 aromatic rings. The predicted molar refractivity (Wildman–Crippen MR) is 124 cm³/mol. The van der Waals surface area contributed by atoms with E-state index in [1.807, 2.05) is 4.90 Å². The summed E-state index contributed by atoms with van der Waals surface area (Å²) in [6.45, 7) is 3.67. The van der Waals surface area contributed by atoms with E-state index >= 15 is 0 Å². The molecule has 1 N–H and O–H groups in total. The third kappa shape index (κ3) is 7.40. The molecule has 8 heteroatoms. The van der Waals surface area contributed by atoms with Crippen molar-refractivity contribution in [1.29, 1.82) is 0 Å². The molecular formula is C25H30ClFN2O4. The lowest BCUT2D eigenvalue weighted by atomic mass is 10.1. The number of hydrogen-bond donors (Lipinski definition) is 1. The Bertz CT molecular complexity index is 908. The Balaban J connectivity index is 1.29. The molecule has 1 aliphatic heterocycles. The molecule has 2 fully saturated rings. The van der Waals surface area contributed by atoms with E-state index in [1.54, 1.807) is 24.3 Å². The van der Waals surface area contributed by atoms with Gasteiger partial charge in [-0.25, -0.2) is 4.39 Å². The van der Waals surface area contributed by atoms with Crippen LogP contribution >= 0.6 is 11.6 Å². The van der Waals surface area contributed by atoms with E-state index < -0.39 is 6.10 Å². The molecule has 1 amide bonds. The number of ether oxygens (including phenoxy) is 2. The van der Waals surface area contributed by atoms with Crippen LogP contribution in [0.5, 0.6) is 5.75 Å². The summed E-state index contributed by atoms with van der Waals surface area (Å²) in [4.78, 5) is 17.0. The summed E-state index contributed by atoms with van der Waals surface area (Å²) in [6, 6.07) is 12.7. The number of carbonyl (C=O) groups is 1. The molecule has 4 rings (SSSR count). The lowest BCUT2D eigenvalue weighted by molar-refractivity contribution is -0.0538. The molecule has 6 nitrogen and oxygen atoms in total. The Morgan fingerprint density at radius 1 is 1.18 bits per heavy atom. The van der Waals surface area contributed by atoms with Gasteiger partial charge in [-0.05, 0) is 67.3 Å². The highest BCUT2D eigenvalue weighted by Crippen LogP contribution is 2.30. The number of nitrogens with zero attached hydrogens (tertiary/aromatic N) is 2. The molecule has 2 atom stereocenters. The molecular weight excluding hydrogens is 447 g/mol. The number of hydrogen-bond acceptors (Lipinski definition) is 5. The van der Waals surface area contributed by atoms with Gasteiger partial charge in [0.2, 0.25) is 0 Å². The average Bonchev–Trinajstić information content (AvgIpc) is 3.63. The van der Waals surface area contributed by atoms with Crippen LogP contribution in [-0.2, 0) is 4.74 Å². The van der Waals surface area contributed by atoms with Gasteiger partial charge in [-0.1, -0.05) is 11.6 Å². The number of morpholine rings is 1. The Kier molecular flexibility index (Phi) is 8.20. The second-order valence-corrected chi connectivity index (χ2v) is 9.27. The summed E-state index contributed by atoms with van der Waals surface area (Å²) < 4.78 is 24.9. The van der Waals surface area contributed by atoms with Crippen molar-refractivity contribution in [1.82, 2.24) is 9.80 Å². The number of aliphatic hydroxyl groups excluding tert-OH is 1. The van der Waals surface area contributed by atoms with E-state index in [1.165, 1.54) is 24.3 Å². The van der Waals surface area contributed by atoms with Gasteiger partial charge < -0.3 is 19.5 Å². The molecule has 1 saturated carbocycles. The number of amides is 1. The number of aliphatic hydroxyl groups is 1. The van der Waals surface area contributed by atoms with Crippen molar-refractivity contribution in [3.8, 4) is 5.75 Å². The molecule has 1 aliphatic carbocycles. The van der Waals surface area contributed by atoms with Gasteiger partial charge in [-0.15, -0.1) is 0 Å². The number of halogens is 2. The van der Waals surface area contributed by atoms with E-state index in [2.05, 4.69) is 4.90 Å². The summed E-state index contributed by atoms with van der Waals surface area (Å²) in [6.07, 6.45) is 1.46. The van der Waals surface area contributed by atoms with E-state index in [4.69, 9.17) is 21.1 Å². The van der Waals surface area contributed by atoms with E-state index in [9.17, 15) is 14.3 Å². The highest BCUT2D eigenvalue weighted by Gasteiger charge is 2.31. The minimum absolute atomic E-state index is 0.0981. The molecule has 1 heterocycles. The SMILES string of the molecule is O=C(c1ccc(F)cc1)N(CC1CC1)C[C@H]1CN(C[C@@H](O)COc2ccc(Cl)cc2)CCO1. The number of rotatable bonds is 10. The highest BCUT2D eigenvalue weighted by molar-refractivity contribution is 6.30. The van der Waals surface area contributed by atoms with Crippen LogP contribution in [-0.4, -0.2) is 79.0 Å². The fourth-order valence-corrected chi connectivity index (χ4v) is 4.13. The first kappa shape index (κ1) is 24.0. The van der Waals surface area contributed by atoms with Gasteiger partial charge in [-0.3, -0.25) is 9.69 Å². The summed E-state index contributed by atoms with van der Waals surface area (Å²) in [7, 11) is 0. The third-order valence-corrected chi connectivity index (χ3v) is 6.18. The molecule has 0 bridgehead atoms. The highest BCUT2D eigenvalue weighted by atomic mass is 35.5. The van der Waals surface area contributed by atoms with Gasteiger partial charge in [-0.2, -0.15) is 0 Å². The fourth-order valence-electron chi connectivity index (χ4n) is 4.00.